The summed E-state index contributed by atoms with van der Waals surface area (Å²) in [6, 6.07) is 5.74. The Kier molecular flexibility index (Phi) is 4.54. The molecule has 1 atom stereocenters. The van der Waals surface area contributed by atoms with E-state index in [1.54, 1.807) is 19.0 Å². The number of carbonyl (C=O) groups excluding carboxylic acids is 1. The third kappa shape index (κ3) is 3.25. The molecular weight excluding hydrogens is 274 g/mol. The summed E-state index contributed by atoms with van der Waals surface area (Å²) < 4.78 is 5.46. The van der Waals surface area contributed by atoms with Gasteiger partial charge in [0.2, 0.25) is 5.91 Å². The summed E-state index contributed by atoms with van der Waals surface area (Å²) in [5.41, 5.74) is 1.79. The largest absolute Gasteiger partial charge is 0.494 e. The quantitative estimate of drug-likeness (QED) is 0.861. The number of hydrogen-bond donors (Lipinski definition) is 1. The number of amides is 1. The Morgan fingerprint density at radius 3 is 2.90 bits per heavy atom. The maximum absolute atomic E-state index is 11.8. The molecule has 1 amide bonds. The van der Waals surface area contributed by atoms with Crippen molar-refractivity contribution in [1.29, 1.82) is 0 Å². The molecule has 0 saturated carbocycles. The minimum atomic E-state index is -0.170. The van der Waals surface area contributed by atoms with Gasteiger partial charge in [-0.1, -0.05) is 11.8 Å². The highest BCUT2D eigenvalue weighted by molar-refractivity contribution is 8.00. The monoisotopic (exact) mass is 293 g/mol. The number of H-pyrrole nitrogens is 1. The highest BCUT2D eigenvalue weighted by atomic mass is 32.2. The van der Waals surface area contributed by atoms with Crippen LogP contribution >= 0.6 is 11.8 Å². The van der Waals surface area contributed by atoms with E-state index in [1.165, 1.54) is 11.8 Å². The molecule has 0 radical (unpaired) electrons. The molecule has 0 spiro atoms. The van der Waals surface area contributed by atoms with Gasteiger partial charge in [-0.3, -0.25) is 4.79 Å². The van der Waals surface area contributed by atoms with E-state index in [0.29, 0.717) is 6.61 Å². The third-order valence-corrected chi connectivity index (χ3v) is 3.79. The topological polar surface area (TPSA) is 58.2 Å². The lowest BCUT2D eigenvalue weighted by molar-refractivity contribution is -0.127. The highest BCUT2D eigenvalue weighted by Gasteiger charge is 2.18. The van der Waals surface area contributed by atoms with E-state index in [-0.39, 0.29) is 11.2 Å². The molecule has 108 valence electrons. The summed E-state index contributed by atoms with van der Waals surface area (Å²) in [6.45, 7) is 4.47. The Morgan fingerprint density at radius 1 is 1.50 bits per heavy atom. The summed E-state index contributed by atoms with van der Waals surface area (Å²) in [7, 11) is 3.51. The van der Waals surface area contributed by atoms with E-state index in [0.717, 1.165) is 21.9 Å². The number of carbonyl (C=O) groups is 1. The molecule has 0 saturated heterocycles. The van der Waals surface area contributed by atoms with Crippen LogP contribution in [0.2, 0.25) is 0 Å². The van der Waals surface area contributed by atoms with Gasteiger partial charge in [-0.15, -0.1) is 0 Å². The van der Waals surface area contributed by atoms with Gasteiger partial charge >= 0.3 is 0 Å². The van der Waals surface area contributed by atoms with Gasteiger partial charge in [0, 0.05) is 20.2 Å². The second-order valence-corrected chi connectivity index (χ2v) is 5.98. The van der Waals surface area contributed by atoms with E-state index in [4.69, 9.17) is 4.74 Å². The van der Waals surface area contributed by atoms with Gasteiger partial charge in [0.15, 0.2) is 5.16 Å². The maximum atomic E-state index is 11.8. The molecule has 2 aromatic rings. The smallest absolute Gasteiger partial charge is 0.235 e. The Hall–Kier alpha value is -1.69. The third-order valence-electron chi connectivity index (χ3n) is 2.82. The molecule has 1 N–H and O–H groups in total. The predicted molar refractivity (Wildman–Crippen MR) is 81.3 cm³/mol. The van der Waals surface area contributed by atoms with Crippen LogP contribution in [-0.4, -0.2) is 46.7 Å². The average Bonchev–Trinajstić information content (AvgIpc) is 2.79. The molecule has 0 unspecified atom stereocenters. The van der Waals surface area contributed by atoms with Crippen LogP contribution in [0.3, 0.4) is 0 Å². The fraction of sp³-hybridized carbons (Fsp3) is 0.429. The second-order valence-electron chi connectivity index (χ2n) is 4.65. The van der Waals surface area contributed by atoms with Crippen molar-refractivity contribution >= 4 is 28.7 Å². The van der Waals surface area contributed by atoms with Gasteiger partial charge in [0.25, 0.3) is 0 Å². The van der Waals surface area contributed by atoms with Crippen molar-refractivity contribution in [3.63, 3.8) is 0 Å². The number of thioether (sulfide) groups is 1. The number of ether oxygens (including phenoxy) is 1. The summed E-state index contributed by atoms with van der Waals surface area (Å²) in [6.07, 6.45) is 0. The lowest BCUT2D eigenvalue weighted by atomic mass is 10.3. The first-order valence-corrected chi connectivity index (χ1v) is 7.39. The summed E-state index contributed by atoms with van der Waals surface area (Å²) in [5.74, 6) is 0.892. The average molecular weight is 293 g/mol. The van der Waals surface area contributed by atoms with Crippen molar-refractivity contribution < 1.29 is 9.53 Å². The number of rotatable bonds is 5. The normalized spacial score (nSPS) is 12.4. The second kappa shape index (κ2) is 6.17. The summed E-state index contributed by atoms with van der Waals surface area (Å²) >= 11 is 1.43. The zero-order valence-electron chi connectivity index (χ0n) is 12.1. The van der Waals surface area contributed by atoms with Crippen LogP contribution in [-0.2, 0) is 4.79 Å². The van der Waals surface area contributed by atoms with Crippen molar-refractivity contribution in [2.24, 2.45) is 0 Å². The van der Waals surface area contributed by atoms with E-state index in [2.05, 4.69) is 9.97 Å². The van der Waals surface area contributed by atoms with Gasteiger partial charge in [-0.05, 0) is 26.0 Å². The van der Waals surface area contributed by atoms with Crippen LogP contribution in [0.1, 0.15) is 13.8 Å². The molecule has 1 aromatic carbocycles. The molecule has 6 heteroatoms. The van der Waals surface area contributed by atoms with Crippen molar-refractivity contribution in [3.8, 4) is 5.75 Å². The van der Waals surface area contributed by atoms with Crippen LogP contribution in [0.25, 0.3) is 11.0 Å². The van der Waals surface area contributed by atoms with E-state index >= 15 is 0 Å². The summed E-state index contributed by atoms with van der Waals surface area (Å²) in [5, 5.41) is 0.577. The van der Waals surface area contributed by atoms with Gasteiger partial charge in [-0.2, -0.15) is 0 Å². The number of nitrogens with one attached hydrogen (secondary N) is 1. The lowest BCUT2D eigenvalue weighted by Crippen LogP contribution is -2.29. The van der Waals surface area contributed by atoms with Crippen LogP contribution in [0.5, 0.6) is 5.75 Å². The molecule has 0 aliphatic carbocycles. The maximum Gasteiger partial charge on any atom is 0.235 e. The predicted octanol–water partition coefficient (Wildman–Crippen LogP) is 2.53. The Balaban J connectivity index is 2.17. The molecule has 2 rings (SSSR count). The highest BCUT2D eigenvalue weighted by Crippen LogP contribution is 2.26. The van der Waals surface area contributed by atoms with Crippen LogP contribution in [0.4, 0.5) is 0 Å². The number of nitrogens with zero attached hydrogens (tertiary/aromatic N) is 2. The molecule has 0 aliphatic rings. The number of imidazole rings is 1. The van der Waals surface area contributed by atoms with Crippen molar-refractivity contribution in [3.05, 3.63) is 18.2 Å². The SMILES string of the molecule is CCOc1ccc2nc(S[C@@H](C)C(=O)N(C)C)[nH]c2c1. The molecule has 1 heterocycles. The van der Waals surface area contributed by atoms with Crippen LogP contribution in [0, 0.1) is 0 Å². The Morgan fingerprint density at radius 2 is 2.25 bits per heavy atom. The molecule has 5 nitrogen and oxygen atoms in total. The first-order valence-electron chi connectivity index (χ1n) is 6.51. The zero-order valence-corrected chi connectivity index (χ0v) is 13.0. The van der Waals surface area contributed by atoms with E-state index in [1.807, 2.05) is 32.0 Å². The Bertz CT molecular complexity index is 609. The number of aromatic amines is 1. The van der Waals surface area contributed by atoms with Crippen LogP contribution in [0.15, 0.2) is 23.4 Å². The van der Waals surface area contributed by atoms with Crippen molar-refractivity contribution in [2.75, 3.05) is 20.7 Å². The minimum absolute atomic E-state index is 0.0745. The fourth-order valence-corrected chi connectivity index (χ4v) is 2.83. The fourth-order valence-electron chi connectivity index (χ4n) is 1.86. The molecule has 0 aliphatic heterocycles. The number of benzene rings is 1. The van der Waals surface area contributed by atoms with Crippen molar-refractivity contribution in [2.45, 2.75) is 24.3 Å². The van der Waals surface area contributed by atoms with Crippen LogP contribution < -0.4 is 4.74 Å². The summed E-state index contributed by atoms with van der Waals surface area (Å²) in [4.78, 5) is 21.1. The molecule has 0 bridgehead atoms. The Labute approximate surface area is 122 Å². The van der Waals surface area contributed by atoms with Gasteiger partial charge < -0.3 is 14.6 Å². The van der Waals surface area contributed by atoms with Gasteiger partial charge in [0.1, 0.15) is 5.75 Å². The van der Waals surface area contributed by atoms with Gasteiger partial charge in [0.05, 0.1) is 22.9 Å². The zero-order chi connectivity index (χ0) is 14.7. The standard InChI is InChI=1S/C14H19N3O2S/c1-5-19-10-6-7-11-12(8-10)16-14(15-11)20-9(2)13(18)17(3)4/h6-9H,5H2,1-4H3,(H,15,16)/t9-/m0/s1. The van der Waals surface area contributed by atoms with E-state index in [9.17, 15) is 4.79 Å². The molecule has 20 heavy (non-hydrogen) atoms. The minimum Gasteiger partial charge on any atom is -0.494 e. The number of fused-ring (bicyclic) bond motifs is 1. The van der Waals surface area contributed by atoms with Crippen molar-refractivity contribution in [1.82, 2.24) is 14.9 Å². The first-order chi connectivity index (χ1) is 9.51. The molecular formula is C14H19N3O2S. The van der Waals surface area contributed by atoms with E-state index < -0.39 is 0 Å². The first kappa shape index (κ1) is 14.7. The number of hydrogen-bond acceptors (Lipinski definition) is 4. The molecule has 1 aromatic heterocycles. The number of aromatic nitrogens is 2. The lowest BCUT2D eigenvalue weighted by Gasteiger charge is -2.14. The molecule has 0 fully saturated rings. The van der Waals surface area contributed by atoms with Gasteiger partial charge in [-0.25, -0.2) is 4.98 Å².